The second-order valence-corrected chi connectivity index (χ2v) is 8.38. The lowest BCUT2D eigenvalue weighted by molar-refractivity contribution is 0.0951. The highest BCUT2D eigenvalue weighted by Gasteiger charge is 2.17. The Bertz CT molecular complexity index is 881. The number of halogens is 1. The predicted molar refractivity (Wildman–Crippen MR) is 103 cm³/mol. The van der Waals surface area contributed by atoms with Crippen molar-refractivity contribution in [1.29, 1.82) is 0 Å². The molecule has 0 aliphatic heterocycles. The van der Waals surface area contributed by atoms with Crippen LogP contribution < -0.4 is 10.0 Å². The van der Waals surface area contributed by atoms with Crippen molar-refractivity contribution in [3.05, 3.63) is 64.2 Å². The number of rotatable bonds is 7. The molecule has 6 nitrogen and oxygen atoms in total. The van der Waals surface area contributed by atoms with Crippen molar-refractivity contribution >= 4 is 27.5 Å². The summed E-state index contributed by atoms with van der Waals surface area (Å²) in [5.74, 6) is -0.430. The maximum absolute atomic E-state index is 12.4. The summed E-state index contributed by atoms with van der Waals surface area (Å²) in [6, 6.07) is 11.9. The van der Waals surface area contributed by atoms with Crippen LogP contribution in [0.1, 0.15) is 21.5 Å². The maximum Gasteiger partial charge on any atom is 0.253 e. The minimum absolute atomic E-state index is 0.0115. The number of nitrogens with zero attached hydrogens (tertiary/aromatic N) is 1. The van der Waals surface area contributed by atoms with Gasteiger partial charge in [-0.3, -0.25) is 4.79 Å². The van der Waals surface area contributed by atoms with Crippen LogP contribution >= 0.6 is 11.6 Å². The predicted octanol–water partition coefficient (Wildman–Crippen LogP) is 2.24. The molecule has 140 valence electrons. The standard InChI is InChI=1S/C18H22ClN3O3S/c1-20-26(24,25)15-8-9-17(19)16(10-15)18(23)21-11-13-4-6-14(7-5-13)12-22(2)3/h4-10,20H,11-12H2,1-3H3,(H,21,23). The molecule has 26 heavy (non-hydrogen) atoms. The number of hydrogen-bond acceptors (Lipinski definition) is 4. The average molecular weight is 396 g/mol. The highest BCUT2D eigenvalue weighted by molar-refractivity contribution is 7.89. The van der Waals surface area contributed by atoms with Gasteiger partial charge in [0, 0.05) is 13.1 Å². The van der Waals surface area contributed by atoms with Gasteiger partial charge in [-0.25, -0.2) is 13.1 Å². The van der Waals surface area contributed by atoms with Gasteiger partial charge >= 0.3 is 0 Å². The van der Waals surface area contributed by atoms with Crippen molar-refractivity contribution in [2.24, 2.45) is 0 Å². The van der Waals surface area contributed by atoms with Gasteiger partial charge in [-0.2, -0.15) is 0 Å². The first-order valence-electron chi connectivity index (χ1n) is 7.97. The van der Waals surface area contributed by atoms with E-state index in [0.29, 0.717) is 6.54 Å². The van der Waals surface area contributed by atoms with E-state index in [1.54, 1.807) is 0 Å². The van der Waals surface area contributed by atoms with E-state index in [1.807, 2.05) is 38.4 Å². The molecular weight excluding hydrogens is 374 g/mol. The molecule has 0 saturated heterocycles. The minimum atomic E-state index is -3.65. The van der Waals surface area contributed by atoms with Crippen LogP contribution in [0.15, 0.2) is 47.4 Å². The van der Waals surface area contributed by atoms with Crippen LogP contribution in [0.2, 0.25) is 5.02 Å². The van der Waals surface area contributed by atoms with E-state index >= 15 is 0 Å². The second-order valence-electron chi connectivity index (χ2n) is 6.09. The van der Waals surface area contributed by atoms with E-state index < -0.39 is 15.9 Å². The average Bonchev–Trinajstić information content (AvgIpc) is 2.60. The van der Waals surface area contributed by atoms with Gasteiger partial charge in [0.15, 0.2) is 0 Å². The molecular formula is C18H22ClN3O3S. The fourth-order valence-corrected chi connectivity index (χ4v) is 3.33. The van der Waals surface area contributed by atoms with Crippen LogP contribution in [0.4, 0.5) is 0 Å². The third kappa shape index (κ3) is 5.28. The van der Waals surface area contributed by atoms with E-state index in [1.165, 1.54) is 30.8 Å². The summed E-state index contributed by atoms with van der Waals surface area (Å²) in [5.41, 5.74) is 2.24. The van der Waals surface area contributed by atoms with Crippen molar-refractivity contribution in [3.8, 4) is 0 Å². The first kappa shape index (κ1) is 20.4. The number of carbonyl (C=O) groups is 1. The molecule has 1 amide bonds. The van der Waals surface area contributed by atoms with Crippen LogP contribution in [-0.4, -0.2) is 40.4 Å². The van der Waals surface area contributed by atoms with E-state index in [4.69, 9.17) is 11.6 Å². The minimum Gasteiger partial charge on any atom is -0.348 e. The molecule has 2 rings (SSSR count). The fraction of sp³-hybridized carbons (Fsp3) is 0.278. The zero-order valence-corrected chi connectivity index (χ0v) is 16.5. The lowest BCUT2D eigenvalue weighted by Gasteiger charge is -2.11. The number of amides is 1. The monoisotopic (exact) mass is 395 g/mol. The summed E-state index contributed by atoms with van der Waals surface area (Å²) in [7, 11) is 1.66. The van der Waals surface area contributed by atoms with Crippen LogP contribution in [0.3, 0.4) is 0 Å². The molecule has 2 aromatic carbocycles. The Balaban J connectivity index is 2.09. The maximum atomic E-state index is 12.4. The summed E-state index contributed by atoms with van der Waals surface area (Å²) in [6.07, 6.45) is 0. The Morgan fingerprint density at radius 3 is 2.27 bits per heavy atom. The van der Waals surface area contributed by atoms with Gasteiger partial charge in [-0.05, 0) is 50.5 Å². The van der Waals surface area contributed by atoms with Gasteiger partial charge in [0.1, 0.15) is 0 Å². The summed E-state index contributed by atoms with van der Waals surface area (Å²) in [6.45, 7) is 1.16. The second kappa shape index (κ2) is 8.64. The summed E-state index contributed by atoms with van der Waals surface area (Å²) >= 11 is 6.05. The molecule has 0 spiro atoms. The van der Waals surface area contributed by atoms with Gasteiger partial charge in [-0.15, -0.1) is 0 Å². The van der Waals surface area contributed by atoms with E-state index in [-0.39, 0.29) is 15.5 Å². The summed E-state index contributed by atoms with van der Waals surface area (Å²) < 4.78 is 26.0. The fourth-order valence-electron chi connectivity index (χ4n) is 2.37. The lowest BCUT2D eigenvalue weighted by Crippen LogP contribution is -2.24. The van der Waals surface area contributed by atoms with Crippen LogP contribution in [-0.2, 0) is 23.1 Å². The highest BCUT2D eigenvalue weighted by atomic mass is 35.5. The molecule has 0 atom stereocenters. The van der Waals surface area contributed by atoms with Crippen LogP contribution in [0.25, 0.3) is 0 Å². The zero-order chi connectivity index (χ0) is 19.3. The van der Waals surface area contributed by atoms with Gasteiger partial charge in [0.05, 0.1) is 15.5 Å². The molecule has 0 radical (unpaired) electrons. The third-order valence-corrected chi connectivity index (χ3v) is 5.48. The highest BCUT2D eigenvalue weighted by Crippen LogP contribution is 2.20. The number of sulfonamides is 1. The van der Waals surface area contributed by atoms with Crippen molar-refractivity contribution < 1.29 is 13.2 Å². The Morgan fingerprint density at radius 2 is 1.69 bits per heavy atom. The quantitative estimate of drug-likeness (QED) is 0.753. The third-order valence-electron chi connectivity index (χ3n) is 3.74. The van der Waals surface area contributed by atoms with Crippen molar-refractivity contribution in [3.63, 3.8) is 0 Å². The molecule has 0 heterocycles. The first-order chi connectivity index (χ1) is 12.2. The molecule has 0 saturated carbocycles. The molecule has 2 aromatic rings. The van der Waals surface area contributed by atoms with Gasteiger partial charge in [0.2, 0.25) is 10.0 Å². The zero-order valence-electron chi connectivity index (χ0n) is 14.9. The number of nitrogens with one attached hydrogen (secondary N) is 2. The SMILES string of the molecule is CNS(=O)(=O)c1ccc(Cl)c(C(=O)NCc2ccc(CN(C)C)cc2)c1. The van der Waals surface area contributed by atoms with Crippen molar-refractivity contribution in [2.75, 3.05) is 21.1 Å². The van der Waals surface area contributed by atoms with E-state index in [0.717, 1.165) is 12.1 Å². The van der Waals surface area contributed by atoms with Crippen molar-refractivity contribution in [2.45, 2.75) is 18.0 Å². The van der Waals surface area contributed by atoms with Crippen molar-refractivity contribution in [1.82, 2.24) is 14.9 Å². The molecule has 0 unspecified atom stereocenters. The van der Waals surface area contributed by atoms with Gasteiger partial charge < -0.3 is 10.2 Å². The van der Waals surface area contributed by atoms with Crippen LogP contribution in [0, 0.1) is 0 Å². The van der Waals surface area contributed by atoms with Gasteiger partial charge in [-0.1, -0.05) is 35.9 Å². The number of benzene rings is 2. The molecule has 0 aromatic heterocycles. The normalized spacial score (nSPS) is 11.6. The van der Waals surface area contributed by atoms with Gasteiger partial charge in [0.25, 0.3) is 5.91 Å². The van der Waals surface area contributed by atoms with E-state index in [9.17, 15) is 13.2 Å². The Kier molecular flexibility index (Phi) is 6.77. The smallest absolute Gasteiger partial charge is 0.253 e. The molecule has 2 N–H and O–H groups in total. The largest absolute Gasteiger partial charge is 0.348 e. The Hall–Kier alpha value is -1.93. The summed E-state index contributed by atoms with van der Waals surface area (Å²) in [5, 5.41) is 2.96. The molecule has 0 aliphatic carbocycles. The molecule has 0 aliphatic rings. The van der Waals surface area contributed by atoms with Crippen LogP contribution in [0.5, 0.6) is 0 Å². The topological polar surface area (TPSA) is 78.5 Å². The van der Waals surface area contributed by atoms with E-state index in [2.05, 4.69) is 14.9 Å². The molecule has 8 heteroatoms. The number of hydrogen-bond donors (Lipinski definition) is 2. The Labute approximate surface area is 159 Å². The first-order valence-corrected chi connectivity index (χ1v) is 9.83. The lowest BCUT2D eigenvalue weighted by atomic mass is 10.1. The number of carbonyl (C=O) groups excluding carboxylic acids is 1. The Morgan fingerprint density at radius 1 is 1.08 bits per heavy atom. The summed E-state index contributed by atoms with van der Waals surface area (Å²) in [4.78, 5) is 14.5. The molecule has 0 bridgehead atoms. The molecule has 0 fully saturated rings.